The smallest absolute Gasteiger partial charge is 0.237 e. The molecule has 0 bridgehead atoms. The van der Waals surface area contributed by atoms with Crippen molar-refractivity contribution in [3.05, 3.63) is 65.2 Å². The maximum Gasteiger partial charge on any atom is 0.237 e. The van der Waals surface area contributed by atoms with Crippen molar-refractivity contribution in [2.45, 2.75) is 26.7 Å². The number of nitrogens with one attached hydrogen (secondary N) is 2. The molecule has 27 heavy (non-hydrogen) atoms. The number of aryl methyl sites for hydroxylation is 3. The molecule has 2 N–H and O–H groups in total. The number of anilines is 1. The second kappa shape index (κ2) is 10.6. The third kappa shape index (κ3) is 7.74. The van der Waals surface area contributed by atoms with E-state index in [4.69, 9.17) is 0 Å². The van der Waals surface area contributed by atoms with Crippen LogP contribution in [0, 0.1) is 13.8 Å². The van der Waals surface area contributed by atoms with Crippen molar-refractivity contribution in [3.63, 3.8) is 0 Å². The second-order valence-electron chi connectivity index (χ2n) is 6.51. The summed E-state index contributed by atoms with van der Waals surface area (Å²) in [6.07, 6.45) is 1.69. The molecule has 144 valence electrons. The fourth-order valence-electron chi connectivity index (χ4n) is 2.58. The molecule has 5 nitrogen and oxygen atoms in total. The summed E-state index contributed by atoms with van der Waals surface area (Å²) < 4.78 is 12.0. The Labute approximate surface area is 163 Å². The van der Waals surface area contributed by atoms with Crippen LogP contribution in [0.5, 0.6) is 0 Å². The molecule has 0 unspecified atom stereocenters. The average molecular weight is 387 g/mol. The molecule has 0 aliphatic rings. The Morgan fingerprint density at radius 2 is 1.63 bits per heavy atom. The van der Waals surface area contributed by atoms with Gasteiger partial charge in [-0.2, -0.15) is 0 Å². The van der Waals surface area contributed by atoms with E-state index in [0.717, 1.165) is 24.0 Å². The van der Waals surface area contributed by atoms with E-state index in [1.165, 1.54) is 5.56 Å². The van der Waals surface area contributed by atoms with E-state index in [0.29, 0.717) is 12.2 Å². The van der Waals surface area contributed by atoms with E-state index in [-0.39, 0.29) is 23.3 Å². The fraction of sp³-hybridized carbons (Fsp3) is 0.333. The number of hydrogen-bond acceptors (Lipinski definition) is 3. The molecule has 6 heteroatoms. The van der Waals surface area contributed by atoms with E-state index in [1.54, 1.807) is 0 Å². The van der Waals surface area contributed by atoms with Crippen LogP contribution >= 0.6 is 0 Å². The molecular weight excluding hydrogens is 360 g/mol. The zero-order valence-electron chi connectivity index (χ0n) is 15.8. The molecule has 0 fully saturated rings. The average Bonchev–Trinajstić information content (AvgIpc) is 2.62. The van der Waals surface area contributed by atoms with Gasteiger partial charge in [-0.25, -0.2) is 0 Å². The van der Waals surface area contributed by atoms with Gasteiger partial charge in [0.1, 0.15) is 11.5 Å². The Hall–Kier alpha value is -2.47. The topological polar surface area (TPSA) is 75.3 Å². The van der Waals surface area contributed by atoms with Crippen molar-refractivity contribution >= 4 is 28.3 Å². The zero-order chi connectivity index (χ0) is 19.6. The summed E-state index contributed by atoms with van der Waals surface area (Å²) >= 11 is 0. The van der Waals surface area contributed by atoms with Crippen LogP contribution in [-0.2, 0) is 26.8 Å². The van der Waals surface area contributed by atoms with Crippen LogP contribution < -0.4 is 10.6 Å². The van der Waals surface area contributed by atoms with Gasteiger partial charge in [-0.3, -0.25) is 13.8 Å². The van der Waals surface area contributed by atoms with Gasteiger partial charge in [0.2, 0.25) is 11.8 Å². The van der Waals surface area contributed by atoms with Crippen LogP contribution in [-0.4, -0.2) is 34.1 Å². The predicted octanol–water partition coefficient (Wildman–Crippen LogP) is 2.74. The molecule has 1 atom stereocenters. The lowest BCUT2D eigenvalue weighted by molar-refractivity contribution is -0.118. The number of benzene rings is 2. The van der Waals surface area contributed by atoms with Crippen LogP contribution in [0.3, 0.4) is 0 Å². The first-order chi connectivity index (χ1) is 12.9. The Morgan fingerprint density at radius 3 is 2.33 bits per heavy atom. The molecule has 0 aromatic heterocycles. The van der Waals surface area contributed by atoms with Gasteiger partial charge >= 0.3 is 0 Å². The van der Waals surface area contributed by atoms with E-state index in [1.807, 2.05) is 62.4 Å². The lowest BCUT2D eigenvalue weighted by Gasteiger charge is -2.08. The molecule has 2 aromatic rings. The number of rotatable bonds is 9. The highest BCUT2D eigenvalue weighted by atomic mass is 32.2. The third-order valence-electron chi connectivity index (χ3n) is 4.18. The predicted molar refractivity (Wildman–Crippen MR) is 110 cm³/mol. The van der Waals surface area contributed by atoms with Crippen LogP contribution in [0.15, 0.2) is 48.5 Å². The minimum absolute atomic E-state index is 0.161. The summed E-state index contributed by atoms with van der Waals surface area (Å²) in [5.41, 5.74) is 4.10. The van der Waals surface area contributed by atoms with Crippen molar-refractivity contribution in [2.75, 3.05) is 23.4 Å². The summed E-state index contributed by atoms with van der Waals surface area (Å²) in [6.45, 7) is 4.49. The van der Waals surface area contributed by atoms with Crippen molar-refractivity contribution in [1.82, 2.24) is 5.32 Å². The highest BCUT2D eigenvalue weighted by Gasteiger charge is 2.12. The van der Waals surface area contributed by atoms with Gasteiger partial charge in [-0.15, -0.1) is 0 Å². The normalized spacial score (nSPS) is 11.6. The first kappa shape index (κ1) is 20.8. The lowest BCUT2D eigenvalue weighted by atomic mass is 10.1. The maximum absolute atomic E-state index is 12.0. The summed E-state index contributed by atoms with van der Waals surface area (Å²) in [5.74, 6) is -0.996. The SMILES string of the molecule is Cc1ccc(NC(=O)C[S@@](=O)CC(=O)NCCCc2ccccc2)cc1C. The first-order valence-corrected chi connectivity index (χ1v) is 10.5. The Balaban J connectivity index is 1.65. The monoisotopic (exact) mass is 386 g/mol. The van der Waals surface area contributed by atoms with Gasteiger partial charge in [0.25, 0.3) is 0 Å². The van der Waals surface area contributed by atoms with Crippen LogP contribution in [0.2, 0.25) is 0 Å². The number of hydrogen-bond donors (Lipinski definition) is 2. The molecule has 0 saturated heterocycles. The van der Waals surface area contributed by atoms with E-state index in [9.17, 15) is 13.8 Å². The minimum atomic E-state index is -1.53. The van der Waals surface area contributed by atoms with Crippen molar-refractivity contribution in [1.29, 1.82) is 0 Å². The van der Waals surface area contributed by atoms with Gasteiger partial charge in [-0.05, 0) is 55.5 Å². The quantitative estimate of drug-likeness (QED) is 0.651. The standard InChI is InChI=1S/C21H26N2O3S/c1-16-10-11-19(13-17(16)2)23-21(25)15-27(26)14-20(24)22-12-6-9-18-7-4-3-5-8-18/h3-5,7-8,10-11,13H,6,9,12,14-15H2,1-2H3,(H,22,24)(H,23,25)/t27-/m0/s1. The highest BCUT2D eigenvalue weighted by Crippen LogP contribution is 2.14. The Morgan fingerprint density at radius 1 is 0.926 bits per heavy atom. The zero-order valence-corrected chi connectivity index (χ0v) is 16.6. The number of carbonyl (C=O) groups excluding carboxylic acids is 2. The second-order valence-corrected chi connectivity index (χ2v) is 7.97. The van der Waals surface area contributed by atoms with Crippen LogP contribution in [0.1, 0.15) is 23.1 Å². The van der Waals surface area contributed by atoms with Crippen molar-refractivity contribution in [3.8, 4) is 0 Å². The third-order valence-corrected chi connectivity index (χ3v) is 5.35. The Bertz CT molecular complexity index is 806. The summed E-state index contributed by atoms with van der Waals surface area (Å²) in [4.78, 5) is 23.8. The molecule has 0 aliphatic carbocycles. The van der Waals surface area contributed by atoms with Crippen molar-refractivity contribution in [2.24, 2.45) is 0 Å². The number of amides is 2. The molecule has 0 radical (unpaired) electrons. The minimum Gasteiger partial charge on any atom is -0.355 e. The molecule has 0 aliphatic heterocycles. The Kier molecular flexibility index (Phi) is 8.20. The molecule has 2 amide bonds. The summed E-state index contributed by atoms with van der Waals surface area (Å²) in [6, 6.07) is 15.6. The van der Waals surface area contributed by atoms with E-state index in [2.05, 4.69) is 10.6 Å². The van der Waals surface area contributed by atoms with Crippen LogP contribution in [0.4, 0.5) is 5.69 Å². The molecule has 0 saturated carbocycles. The maximum atomic E-state index is 12.0. The molecular formula is C21H26N2O3S. The fourth-order valence-corrected chi connectivity index (χ4v) is 3.44. The van der Waals surface area contributed by atoms with Gasteiger partial charge in [-0.1, -0.05) is 36.4 Å². The molecule has 0 heterocycles. The number of carbonyl (C=O) groups is 2. The van der Waals surface area contributed by atoms with Crippen LogP contribution in [0.25, 0.3) is 0 Å². The molecule has 2 rings (SSSR count). The summed E-state index contributed by atoms with van der Waals surface area (Å²) in [5, 5.41) is 5.48. The largest absolute Gasteiger partial charge is 0.355 e. The van der Waals surface area contributed by atoms with Gasteiger partial charge < -0.3 is 10.6 Å². The molecule has 2 aromatic carbocycles. The summed E-state index contributed by atoms with van der Waals surface area (Å²) in [7, 11) is -1.53. The first-order valence-electron chi connectivity index (χ1n) is 8.97. The van der Waals surface area contributed by atoms with E-state index >= 15 is 0 Å². The van der Waals surface area contributed by atoms with E-state index < -0.39 is 10.8 Å². The van der Waals surface area contributed by atoms with Gasteiger partial charge in [0, 0.05) is 23.0 Å². The van der Waals surface area contributed by atoms with Gasteiger partial charge in [0.15, 0.2) is 0 Å². The van der Waals surface area contributed by atoms with Gasteiger partial charge in [0.05, 0.1) is 0 Å². The van der Waals surface area contributed by atoms with Crippen molar-refractivity contribution < 1.29 is 13.8 Å². The highest BCUT2D eigenvalue weighted by molar-refractivity contribution is 7.86. The lowest BCUT2D eigenvalue weighted by Crippen LogP contribution is -2.32. The molecule has 0 spiro atoms.